The molecule has 1 saturated carbocycles. The van der Waals surface area contributed by atoms with E-state index >= 15 is 0 Å². The van der Waals surface area contributed by atoms with Crippen LogP contribution in [0.5, 0.6) is 11.5 Å². The molecule has 4 heteroatoms. The Balaban J connectivity index is 2.01. The van der Waals surface area contributed by atoms with Gasteiger partial charge in [0.05, 0.1) is 20.3 Å². The minimum absolute atomic E-state index is 0.146. The summed E-state index contributed by atoms with van der Waals surface area (Å²) in [5, 5.41) is 10.0. The van der Waals surface area contributed by atoms with Crippen molar-refractivity contribution in [3.63, 3.8) is 0 Å². The summed E-state index contributed by atoms with van der Waals surface area (Å²) < 4.78 is 10.8. The maximum absolute atomic E-state index is 10.0. The molecule has 1 aromatic rings. The first-order valence-electron chi connectivity index (χ1n) is 7.71. The number of methoxy groups -OCH3 is 2. The summed E-state index contributed by atoms with van der Waals surface area (Å²) in [5.74, 6) is 1.57. The van der Waals surface area contributed by atoms with Crippen molar-refractivity contribution in [2.45, 2.75) is 43.2 Å². The first-order chi connectivity index (χ1) is 10.1. The third-order valence-corrected chi connectivity index (χ3v) is 5.46. The molecule has 3 rings (SSSR count). The Hall–Kier alpha value is -1.26. The van der Waals surface area contributed by atoms with Gasteiger partial charge in [-0.15, -0.1) is 0 Å². The molecule has 0 spiro atoms. The van der Waals surface area contributed by atoms with E-state index in [-0.39, 0.29) is 11.5 Å². The van der Waals surface area contributed by atoms with Crippen LogP contribution in [0, 0.1) is 0 Å². The first-order valence-corrected chi connectivity index (χ1v) is 7.71. The average Bonchev–Trinajstić information content (AvgIpc) is 2.85. The summed E-state index contributed by atoms with van der Waals surface area (Å²) in [7, 11) is 5.52. The smallest absolute Gasteiger partial charge is 0.161 e. The molecule has 0 radical (unpaired) electrons. The number of aliphatic hydroxyl groups is 1. The van der Waals surface area contributed by atoms with Crippen LogP contribution < -0.4 is 9.47 Å². The summed E-state index contributed by atoms with van der Waals surface area (Å²) in [6.45, 7) is 1.09. The van der Waals surface area contributed by atoms with Crippen LogP contribution >= 0.6 is 0 Å². The van der Waals surface area contributed by atoms with Gasteiger partial charge in [-0.3, -0.25) is 0 Å². The van der Waals surface area contributed by atoms with E-state index < -0.39 is 0 Å². The highest BCUT2D eigenvalue weighted by Crippen LogP contribution is 2.49. The van der Waals surface area contributed by atoms with E-state index in [0.29, 0.717) is 6.04 Å². The lowest BCUT2D eigenvalue weighted by molar-refractivity contribution is 0.0566. The molecule has 4 nitrogen and oxygen atoms in total. The highest BCUT2D eigenvalue weighted by molar-refractivity contribution is 5.46. The predicted octanol–water partition coefficient (Wildman–Crippen LogP) is 2.19. The molecule has 1 aliphatic carbocycles. The van der Waals surface area contributed by atoms with Crippen molar-refractivity contribution in [1.82, 2.24) is 4.90 Å². The number of hydrogen-bond donors (Lipinski definition) is 1. The van der Waals surface area contributed by atoms with Gasteiger partial charge in [0.1, 0.15) is 0 Å². The molecule has 116 valence electrons. The van der Waals surface area contributed by atoms with Gasteiger partial charge in [0, 0.05) is 11.5 Å². The van der Waals surface area contributed by atoms with E-state index in [1.807, 2.05) is 6.07 Å². The molecule has 3 atom stereocenters. The highest BCUT2D eigenvalue weighted by Gasteiger charge is 2.50. The standard InChI is InChI=1S/C17H25NO3/c1-18-9-8-17(7-6-13(19)11-16(17)18)12-4-5-14(20-2)15(10-12)21-3/h4-5,10,13,16,19H,6-9,11H2,1-3H3/t13-,16?,17?/m0/s1. The molecule has 1 saturated heterocycles. The second-order valence-corrected chi connectivity index (χ2v) is 6.40. The van der Waals surface area contributed by atoms with Crippen LogP contribution in [0.15, 0.2) is 18.2 Å². The van der Waals surface area contributed by atoms with Crippen LogP contribution in [-0.4, -0.2) is 50.0 Å². The number of fused-ring (bicyclic) bond motifs is 1. The number of nitrogens with zero attached hydrogens (tertiary/aromatic N) is 1. The lowest BCUT2D eigenvalue weighted by atomic mass is 9.65. The number of likely N-dealkylation sites (tertiary alicyclic amines) is 1. The molecule has 0 bridgehead atoms. The van der Waals surface area contributed by atoms with Crippen LogP contribution in [0.1, 0.15) is 31.2 Å². The van der Waals surface area contributed by atoms with Crippen molar-refractivity contribution in [2.24, 2.45) is 0 Å². The predicted molar refractivity (Wildman–Crippen MR) is 82.1 cm³/mol. The number of aliphatic hydroxyl groups excluding tert-OH is 1. The largest absolute Gasteiger partial charge is 0.493 e. The Bertz CT molecular complexity index is 519. The molecule has 1 N–H and O–H groups in total. The Morgan fingerprint density at radius 1 is 1.19 bits per heavy atom. The number of hydrogen-bond acceptors (Lipinski definition) is 4. The van der Waals surface area contributed by atoms with Crippen LogP contribution in [0.2, 0.25) is 0 Å². The lowest BCUT2D eigenvalue weighted by Crippen LogP contribution is -2.47. The summed E-state index contributed by atoms with van der Waals surface area (Å²) in [5.41, 5.74) is 1.47. The fraction of sp³-hybridized carbons (Fsp3) is 0.647. The van der Waals surface area contributed by atoms with E-state index in [9.17, 15) is 5.11 Å². The van der Waals surface area contributed by atoms with Crippen LogP contribution in [-0.2, 0) is 5.41 Å². The van der Waals surface area contributed by atoms with Gasteiger partial charge in [-0.05, 0) is 57.0 Å². The van der Waals surface area contributed by atoms with Gasteiger partial charge in [0.25, 0.3) is 0 Å². The van der Waals surface area contributed by atoms with Crippen molar-refractivity contribution in [1.29, 1.82) is 0 Å². The monoisotopic (exact) mass is 291 g/mol. The second kappa shape index (κ2) is 5.50. The van der Waals surface area contributed by atoms with Gasteiger partial charge >= 0.3 is 0 Å². The Morgan fingerprint density at radius 3 is 2.67 bits per heavy atom. The average molecular weight is 291 g/mol. The van der Waals surface area contributed by atoms with Crippen LogP contribution in [0.25, 0.3) is 0 Å². The minimum Gasteiger partial charge on any atom is -0.493 e. The molecule has 2 fully saturated rings. The van der Waals surface area contributed by atoms with E-state index in [1.165, 1.54) is 5.56 Å². The molecule has 1 heterocycles. The fourth-order valence-electron chi connectivity index (χ4n) is 4.24. The molecule has 0 aromatic heterocycles. The quantitative estimate of drug-likeness (QED) is 0.927. The van der Waals surface area contributed by atoms with Crippen molar-refractivity contribution in [2.75, 3.05) is 27.8 Å². The van der Waals surface area contributed by atoms with Crippen molar-refractivity contribution < 1.29 is 14.6 Å². The molecule has 1 aromatic carbocycles. The third kappa shape index (κ3) is 2.30. The summed E-state index contributed by atoms with van der Waals surface area (Å²) in [6, 6.07) is 6.72. The molecule has 2 aliphatic rings. The summed E-state index contributed by atoms with van der Waals surface area (Å²) in [4.78, 5) is 2.40. The van der Waals surface area contributed by atoms with Gasteiger partial charge in [-0.25, -0.2) is 0 Å². The van der Waals surface area contributed by atoms with E-state index in [4.69, 9.17) is 9.47 Å². The normalized spacial score (nSPS) is 32.8. The SMILES string of the molecule is COc1ccc(C23CC[C@H](O)CC2N(C)CC3)cc1OC. The summed E-state index contributed by atoms with van der Waals surface area (Å²) in [6.07, 6.45) is 3.78. The van der Waals surface area contributed by atoms with Gasteiger partial charge in [-0.2, -0.15) is 0 Å². The molecule has 0 amide bonds. The van der Waals surface area contributed by atoms with E-state index in [0.717, 1.165) is 43.7 Å². The summed E-state index contributed by atoms with van der Waals surface area (Å²) >= 11 is 0. The molecule has 21 heavy (non-hydrogen) atoms. The fourth-order valence-corrected chi connectivity index (χ4v) is 4.24. The van der Waals surface area contributed by atoms with Crippen LogP contribution in [0.4, 0.5) is 0 Å². The third-order valence-electron chi connectivity index (χ3n) is 5.46. The minimum atomic E-state index is -0.163. The Kier molecular flexibility index (Phi) is 3.84. The molecule has 1 aliphatic heterocycles. The van der Waals surface area contributed by atoms with Crippen LogP contribution in [0.3, 0.4) is 0 Å². The maximum atomic E-state index is 10.0. The molecular formula is C17H25NO3. The Labute approximate surface area is 126 Å². The van der Waals surface area contributed by atoms with E-state index in [2.05, 4.69) is 24.1 Å². The van der Waals surface area contributed by atoms with Gasteiger partial charge < -0.3 is 19.5 Å². The number of rotatable bonds is 3. The van der Waals surface area contributed by atoms with E-state index in [1.54, 1.807) is 14.2 Å². The lowest BCUT2D eigenvalue weighted by Gasteiger charge is -2.43. The number of likely N-dealkylation sites (N-methyl/N-ethyl adjacent to an activating group) is 1. The molecular weight excluding hydrogens is 266 g/mol. The van der Waals surface area contributed by atoms with Crippen molar-refractivity contribution >= 4 is 0 Å². The zero-order chi connectivity index (χ0) is 15.0. The van der Waals surface area contributed by atoms with Gasteiger partial charge in [0.2, 0.25) is 0 Å². The Morgan fingerprint density at radius 2 is 1.95 bits per heavy atom. The maximum Gasteiger partial charge on any atom is 0.161 e. The zero-order valence-corrected chi connectivity index (χ0v) is 13.1. The molecule has 2 unspecified atom stereocenters. The number of ether oxygens (including phenoxy) is 2. The first kappa shape index (κ1) is 14.7. The number of benzene rings is 1. The van der Waals surface area contributed by atoms with Gasteiger partial charge in [-0.1, -0.05) is 6.07 Å². The topological polar surface area (TPSA) is 41.9 Å². The van der Waals surface area contributed by atoms with Crippen molar-refractivity contribution in [3.8, 4) is 11.5 Å². The van der Waals surface area contributed by atoms with Gasteiger partial charge in [0.15, 0.2) is 11.5 Å². The zero-order valence-electron chi connectivity index (χ0n) is 13.1. The van der Waals surface area contributed by atoms with Crippen molar-refractivity contribution in [3.05, 3.63) is 23.8 Å². The second-order valence-electron chi connectivity index (χ2n) is 6.40. The highest BCUT2D eigenvalue weighted by atomic mass is 16.5.